The summed E-state index contributed by atoms with van der Waals surface area (Å²) in [6.07, 6.45) is 0. The first-order chi connectivity index (χ1) is 4.73. The van der Waals surface area contributed by atoms with E-state index in [2.05, 4.69) is 10.6 Å². The van der Waals surface area contributed by atoms with E-state index in [-0.39, 0.29) is 0 Å². The highest BCUT2D eigenvalue weighted by atomic mass is 32.2. The Labute approximate surface area is 60.9 Å². The van der Waals surface area contributed by atoms with Crippen LogP contribution >= 0.6 is 0 Å². The van der Waals surface area contributed by atoms with E-state index in [0.29, 0.717) is 0 Å². The van der Waals surface area contributed by atoms with Gasteiger partial charge in [-0.25, -0.2) is 0 Å². The second-order valence-electron chi connectivity index (χ2n) is 1.70. The largest absolute Gasteiger partial charge is 0.425 e. The fourth-order valence-corrected chi connectivity index (χ4v) is 0.604. The van der Waals surface area contributed by atoms with Crippen LogP contribution in [0.1, 0.15) is 0 Å². The van der Waals surface area contributed by atoms with Crippen LogP contribution in [0, 0.1) is 0 Å². The van der Waals surface area contributed by atoms with Crippen molar-refractivity contribution in [1.82, 2.24) is 10.6 Å². The maximum Gasteiger partial charge on any atom is 0.425 e. The molecule has 2 N–H and O–H groups in total. The summed E-state index contributed by atoms with van der Waals surface area (Å²) >= 11 is 0. The molecule has 0 aliphatic carbocycles. The molecule has 0 aromatic carbocycles. The molecule has 5 nitrogen and oxygen atoms in total. The van der Waals surface area contributed by atoms with Gasteiger partial charge in [0.15, 0.2) is 0 Å². The molecule has 1 heterocycles. The second kappa shape index (κ2) is 6.66. The molecular formula is C4H10N2O3S. The van der Waals surface area contributed by atoms with Crippen molar-refractivity contribution in [3.8, 4) is 0 Å². The van der Waals surface area contributed by atoms with Crippen molar-refractivity contribution < 1.29 is 12.6 Å². The first-order valence-electron chi connectivity index (χ1n) is 2.91. The monoisotopic (exact) mass is 166 g/mol. The van der Waals surface area contributed by atoms with Crippen LogP contribution in [0.2, 0.25) is 0 Å². The van der Waals surface area contributed by atoms with E-state index < -0.39 is 10.6 Å². The van der Waals surface area contributed by atoms with Gasteiger partial charge >= 0.3 is 10.6 Å². The molecule has 0 aromatic heterocycles. The van der Waals surface area contributed by atoms with Gasteiger partial charge in [-0.3, -0.25) is 0 Å². The molecule has 0 atom stereocenters. The van der Waals surface area contributed by atoms with Crippen LogP contribution < -0.4 is 10.6 Å². The zero-order valence-electron chi connectivity index (χ0n) is 5.46. The van der Waals surface area contributed by atoms with E-state index in [4.69, 9.17) is 12.6 Å². The molecule has 1 fully saturated rings. The highest BCUT2D eigenvalue weighted by Crippen LogP contribution is 1.65. The van der Waals surface area contributed by atoms with Gasteiger partial charge in [-0.05, 0) is 0 Å². The van der Waals surface area contributed by atoms with Crippen LogP contribution in [0.25, 0.3) is 0 Å². The average molecular weight is 166 g/mol. The van der Waals surface area contributed by atoms with Crippen molar-refractivity contribution in [2.24, 2.45) is 0 Å². The van der Waals surface area contributed by atoms with Gasteiger partial charge in [-0.15, -0.1) is 12.6 Å². The molecule has 10 heavy (non-hydrogen) atoms. The third-order valence-electron chi connectivity index (χ3n) is 0.957. The van der Waals surface area contributed by atoms with Crippen molar-refractivity contribution in [2.75, 3.05) is 26.2 Å². The quantitative estimate of drug-likeness (QED) is 0.443. The lowest BCUT2D eigenvalue weighted by Gasteiger charge is -2.11. The maximum atomic E-state index is 8.44. The summed E-state index contributed by atoms with van der Waals surface area (Å²) in [6, 6.07) is 0. The van der Waals surface area contributed by atoms with E-state index >= 15 is 0 Å². The van der Waals surface area contributed by atoms with E-state index in [9.17, 15) is 0 Å². The third kappa shape index (κ3) is 10.5. The molecule has 60 valence electrons. The molecule has 0 aromatic rings. The summed E-state index contributed by atoms with van der Waals surface area (Å²) in [7, 11) is -3.11. The Bertz CT molecular complexity index is 140. The topological polar surface area (TPSA) is 75.3 Å². The van der Waals surface area contributed by atoms with Gasteiger partial charge in [-0.2, -0.15) is 0 Å². The third-order valence-corrected chi connectivity index (χ3v) is 0.957. The Morgan fingerprint density at radius 1 is 0.800 bits per heavy atom. The van der Waals surface area contributed by atoms with E-state index in [1.54, 1.807) is 0 Å². The van der Waals surface area contributed by atoms with Gasteiger partial charge in [0.05, 0.1) is 0 Å². The SMILES string of the molecule is C1CNCCN1.O=S(=O)=O. The molecular weight excluding hydrogens is 156 g/mol. The Hall–Kier alpha value is -0.460. The predicted molar refractivity (Wildman–Crippen MR) is 35.4 cm³/mol. The summed E-state index contributed by atoms with van der Waals surface area (Å²) in [5.41, 5.74) is 0. The number of hydrogen-bond donors (Lipinski definition) is 2. The molecule has 1 saturated heterocycles. The highest BCUT2D eigenvalue weighted by Gasteiger charge is 1.91. The lowest BCUT2D eigenvalue weighted by atomic mass is 10.4. The molecule has 0 unspecified atom stereocenters. The molecule has 6 heteroatoms. The first-order valence-corrected chi connectivity index (χ1v) is 3.91. The number of hydrogen-bond acceptors (Lipinski definition) is 5. The summed E-state index contributed by atoms with van der Waals surface area (Å²) < 4.78 is 25.3. The molecule has 0 amide bonds. The Balaban J connectivity index is 0.000000180. The normalized spacial score (nSPS) is 16.8. The van der Waals surface area contributed by atoms with Gasteiger partial charge in [-0.1, -0.05) is 0 Å². The van der Waals surface area contributed by atoms with Gasteiger partial charge in [0.25, 0.3) is 0 Å². The fourth-order valence-electron chi connectivity index (χ4n) is 0.604. The van der Waals surface area contributed by atoms with Crippen LogP contribution in [0.5, 0.6) is 0 Å². The van der Waals surface area contributed by atoms with Crippen LogP contribution in [-0.4, -0.2) is 38.8 Å². The number of rotatable bonds is 0. The smallest absolute Gasteiger partial charge is 0.314 e. The summed E-state index contributed by atoms with van der Waals surface area (Å²) in [6.45, 7) is 4.56. The molecule has 1 aliphatic heterocycles. The van der Waals surface area contributed by atoms with Gasteiger partial charge < -0.3 is 10.6 Å². The van der Waals surface area contributed by atoms with Crippen molar-refractivity contribution >= 4 is 10.6 Å². The zero-order valence-corrected chi connectivity index (χ0v) is 6.28. The van der Waals surface area contributed by atoms with Gasteiger partial charge in [0.1, 0.15) is 0 Å². The van der Waals surface area contributed by atoms with Crippen molar-refractivity contribution in [3.63, 3.8) is 0 Å². The zero-order chi connectivity index (χ0) is 7.82. The Morgan fingerprint density at radius 3 is 1.10 bits per heavy atom. The summed E-state index contributed by atoms with van der Waals surface area (Å²) in [4.78, 5) is 0. The number of piperazine rings is 1. The van der Waals surface area contributed by atoms with Gasteiger partial charge in [0, 0.05) is 26.2 Å². The lowest BCUT2D eigenvalue weighted by Crippen LogP contribution is -2.39. The minimum absolute atomic E-state index is 1.14. The molecule has 0 saturated carbocycles. The second-order valence-corrected chi connectivity index (χ2v) is 2.11. The average Bonchev–Trinajstić information content (AvgIpc) is 1.90. The van der Waals surface area contributed by atoms with Crippen molar-refractivity contribution in [2.45, 2.75) is 0 Å². The summed E-state index contributed by atoms with van der Waals surface area (Å²) in [5.74, 6) is 0. The van der Waals surface area contributed by atoms with E-state index in [1.807, 2.05) is 0 Å². The first kappa shape index (κ1) is 9.54. The molecule has 0 radical (unpaired) electrons. The Kier molecular flexibility index (Phi) is 6.35. The minimum Gasteiger partial charge on any atom is -0.314 e. The van der Waals surface area contributed by atoms with E-state index in [0.717, 1.165) is 26.2 Å². The van der Waals surface area contributed by atoms with Crippen molar-refractivity contribution in [1.29, 1.82) is 0 Å². The Morgan fingerprint density at radius 2 is 1.00 bits per heavy atom. The minimum atomic E-state index is -3.11. The van der Waals surface area contributed by atoms with Crippen LogP contribution in [0.4, 0.5) is 0 Å². The number of nitrogens with one attached hydrogen (secondary N) is 2. The standard InChI is InChI=1S/C4H10N2.O3S/c1-2-6-4-3-5-1;1-4(2)3/h5-6H,1-4H2;. The molecule has 0 spiro atoms. The fraction of sp³-hybridized carbons (Fsp3) is 1.00. The van der Waals surface area contributed by atoms with Crippen LogP contribution in [-0.2, 0) is 10.6 Å². The van der Waals surface area contributed by atoms with Gasteiger partial charge in [0.2, 0.25) is 0 Å². The lowest BCUT2D eigenvalue weighted by molar-refractivity contribution is 0.534. The molecule has 1 aliphatic rings. The molecule has 0 bridgehead atoms. The van der Waals surface area contributed by atoms with Crippen LogP contribution in [0.15, 0.2) is 0 Å². The maximum absolute atomic E-state index is 8.44. The molecule has 1 rings (SSSR count). The van der Waals surface area contributed by atoms with Crippen molar-refractivity contribution in [3.05, 3.63) is 0 Å². The highest BCUT2D eigenvalue weighted by molar-refractivity contribution is 7.59. The predicted octanol–water partition coefficient (Wildman–Crippen LogP) is -1.82. The van der Waals surface area contributed by atoms with Crippen LogP contribution in [0.3, 0.4) is 0 Å². The van der Waals surface area contributed by atoms with E-state index in [1.165, 1.54) is 0 Å². The summed E-state index contributed by atoms with van der Waals surface area (Å²) in [5, 5.41) is 6.44.